The standard InChI is InChI=1S/C30H38ClN7O4S/c1-7-28(39)33-23-16-24(26(42-6)17-25(23)38-14-12-20(13-15-38)37(4)5)35-30-32-18-21(31)29(36-30)34-22-10-8-9-11-27(22)43(40,41)19(2)3/h7-11,16-20H,1,12-15H2,2-6H3,(H,33,39)(H2,32,34,35,36). The number of hydrogen-bond donors (Lipinski definition) is 3. The Bertz CT molecular complexity index is 1590. The van der Waals surface area contributed by atoms with Crippen LogP contribution in [0.4, 0.5) is 34.5 Å². The van der Waals surface area contributed by atoms with Gasteiger partial charge in [-0.3, -0.25) is 4.79 Å². The molecule has 1 aromatic heterocycles. The fourth-order valence-electron chi connectivity index (χ4n) is 4.84. The molecule has 1 aliphatic rings. The van der Waals surface area contributed by atoms with Crippen LogP contribution in [0.5, 0.6) is 5.75 Å². The summed E-state index contributed by atoms with van der Waals surface area (Å²) < 4.78 is 31.6. The summed E-state index contributed by atoms with van der Waals surface area (Å²) in [6.07, 6.45) is 4.60. The smallest absolute Gasteiger partial charge is 0.247 e. The highest BCUT2D eigenvalue weighted by Gasteiger charge is 2.25. The number of carbonyl (C=O) groups is 1. The van der Waals surface area contributed by atoms with E-state index in [9.17, 15) is 13.2 Å². The van der Waals surface area contributed by atoms with Crippen molar-refractivity contribution in [1.82, 2.24) is 14.9 Å². The number of aromatic nitrogens is 2. The first kappa shape index (κ1) is 32.1. The zero-order valence-electron chi connectivity index (χ0n) is 25.0. The molecule has 0 saturated carbocycles. The Hall–Kier alpha value is -3.87. The fraction of sp³-hybridized carbons (Fsp3) is 0.367. The average molecular weight is 628 g/mol. The summed E-state index contributed by atoms with van der Waals surface area (Å²) in [4.78, 5) is 25.8. The summed E-state index contributed by atoms with van der Waals surface area (Å²) >= 11 is 6.42. The van der Waals surface area contributed by atoms with E-state index in [4.69, 9.17) is 16.3 Å². The molecule has 13 heteroatoms. The third-order valence-electron chi connectivity index (χ3n) is 7.35. The number of sulfone groups is 1. The van der Waals surface area contributed by atoms with Gasteiger partial charge >= 0.3 is 0 Å². The first-order valence-electron chi connectivity index (χ1n) is 13.9. The van der Waals surface area contributed by atoms with Gasteiger partial charge in [-0.15, -0.1) is 0 Å². The highest BCUT2D eigenvalue weighted by molar-refractivity contribution is 7.92. The van der Waals surface area contributed by atoms with Crippen molar-refractivity contribution in [1.29, 1.82) is 0 Å². The summed E-state index contributed by atoms with van der Waals surface area (Å²) in [6.45, 7) is 8.48. The van der Waals surface area contributed by atoms with Gasteiger partial charge in [0.05, 0.1) is 46.2 Å². The number of piperidine rings is 1. The third-order valence-corrected chi connectivity index (χ3v) is 9.84. The van der Waals surface area contributed by atoms with Crippen LogP contribution in [0, 0.1) is 0 Å². The Morgan fingerprint density at radius 3 is 2.47 bits per heavy atom. The summed E-state index contributed by atoms with van der Waals surface area (Å²) in [5, 5.41) is 8.71. The van der Waals surface area contributed by atoms with Gasteiger partial charge in [-0.25, -0.2) is 13.4 Å². The molecule has 0 spiro atoms. The summed E-state index contributed by atoms with van der Waals surface area (Å²) in [5.74, 6) is 0.563. The highest BCUT2D eigenvalue weighted by Crippen LogP contribution is 2.40. The second-order valence-corrected chi connectivity index (χ2v) is 13.6. The third kappa shape index (κ3) is 7.38. The number of halogens is 1. The minimum atomic E-state index is -3.58. The number of methoxy groups -OCH3 is 1. The minimum absolute atomic E-state index is 0.142. The van der Waals surface area contributed by atoms with Crippen LogP contribution < -0.4 is 25.6 Å². The molecular formula is C30H38ClN7O4S. The highest BCUT2D eigenvalue weighted by atomic mass is 35.5. The average Bonchev–Trinajstić information content (AvgIpc) is 2.99. The molecule has 0 bridgehead atoms. The van der Waals surface area contributed by atoms with Crippen LogP contribution in [-0.4, -0.2) is 74.8 Å². The van der Waals surface area contributed by atoms with Crippen LogP contribution >= 0.6 is 11.6 Å². The van der Waals surface area contributed by atoms with Gasteiger partial charge in [-0.05, 0) is 65.1 Å². The Morgan fingerprint density at radius 1 is 1.14 bits per heavy atom. The molecule has 0 radical (unpaired) electrons. The lowest BCUT2D eigenvalue weighted by atomic mass is 10.0. The van der Waals surface area contributed by atoms with Crippen molar-refractivity contribution in [3.63, 3.8) is 0 Å². The van der Waals surface area contributed by atoms with E-state index >= 15 is 0 Å². The van der Waals surface area contributed by atoms with E-state index in [1.54, 1.807) is 51.3 Å². The molecule has 43 heavy (non-hydrogen) atoms. The van der Waals surface area contributed by atoms with Gasteiger partial charge < -0.3 is 30.5 Å². The van der Waals surface area contributed by atoms with Crippen molar-refractivity contribution in [2.75, 3.05) is 55.1 Å². The number of nitrogens with one attached hydrogen (secondary N) is 3. The van der Waals surface area contributed by atoms with Crippen LogP contribution in [-0.2, 0) is 14.6 Å². The number of rotatable bonds is 11. The zero-order chi connectivity index (χ0) is 31.3. The largest absolute Gasteiger partial charge is 0.494 e. The number of hydrogen-bond acceptors (Lipinski definition) is 10. The molecule has 2 heterocycles. The van der Waals surface area contributed by atoms with E-state index in [0.29, 0.717) is 28.9 Å². The van der Waals surface area contributed by atoms with Gasteiger partial charge in [0.1, 0.15) is 10.8 Å². The molecule has 0 unspecified atom stereocenters. The zero-order valence-corrected chi connectivity index (χ0v) is 26.6. The lowest BCUT2D eigenvalue weighted by molar-refractivity contribution is -0.111. The van der Waals surface area contributed by atoms with Gasteiger partial charge in [0.15, 0.2) is 15.7 Å². The molecular weight excluding hydrogens is 590 g/mol. The van der Waals surface area contributed by atoms with Crippen molar-refractivity contribution in [3.05, 3.63) is 60.3 Å². The van der Waals surface area contributed by atoms with Crippen molar-refractivity contribution in [2.24, 2.45) is 0 Å². The summed E-state index contributed by atoms with van der Waals surface area (Å²) in [7, 11) is 2.16. The topological polar surface area (TPSA) is 129 Å². The Balaban J connectivity index is 1.67. The van der Waals surface area contributed by atoms with Crippen LogP contribution in [0.3, 0.4) is 0 Å². The Kier molecular flexibility index (Phi) is 10.2. The molecule has 1 amide bonds. The molecule has 1 fully saturated rings. The SMILES string of the molecule is C=CC(=O)Nc1cc(Nc2ncc(Cl)c(Nc3ccccc3S(=O)(=O)C(C)C)n2)c(OC)cc1N1CCC(N(C)C)CC1. The molecule has 230 valence electrons. The first-order valence-corrected chi connectivity index (χ1v) is 15.8. The van der Waals surface area contributed by atoms with E-state index in [1.807, 2.05) is 6.07 Å². The van der Waals surface area contributed by atoms with Crippen molar-refractivity contribution in [2.45, 2.75) is 42.9 Å². The van der Waals surface area contributed by atoms with Gasteiger partial charge in [-0.1, -0.05) is 30.3 Å². The molecule has 2 aromatic carbocycles. The fourth-order valence-corrected chi connectivity index (χ4v) is 6.18. The van der Waals surface area contributed by atoms with Crippen LogP contribution in [0.1, 0.15) is 26.7 Å². The molecule has 3 aromatic rings. The molecule has 1 saturated heterocycles. The van der Waals surface area contributed by atoms with E-state index in [2.05, 4.69) is 56.4 Å². The second kappa shape index (κ2) is 13.6. The maximum Gasteiger partial charge on any atom is 0.247 e. The van der Waals surface area contributed by atoms with Crippen molar-refractivity contribution < 1.29 is 17.9 Å². The van der Waals surface area contributed by atoms with Gasteiger partial charge in [-0.2, -0.15) is 4.98 Å². The van der Waals surface area contributed by atoms with E-state index in [0.717, 1.165) is 31.6 Å². The molecule has 3 N–H and O–H groups in total. The lowest BCUT2D eigenvalue weighted by Crippen LogP contribution is -2.42. The number of carbonyl (C=O) groups excluding carboxylic acids is 1. The first-order chi connectivity index (χ1) is 20.4. The predicted octanol–water partition coefficient (Wildman–Crippen LogP) is 5.46. The number of para-hydroxylation sites is 1. The van der Waals surface area contributed by atoms with Crippen molar-refractivity contribution >= 4 is 61.9 Å². The van der Waals surface area contributed by atoms with E-state index in [-0.39, 0.29) is 27.6 Å². The molecule has 0 atom stereocenters. The quantitative estimate of drug-likeness (QED) is 0.236. The number of ether oxygens (including phenoxy) is 1. The number of nitrogens with zero attached hydrogens (tertiary/aromatic N) is 4. The van der Waals surface area contributed by atoms with E-state index in [1.165, 1.54) is 12.3 Å². The monoisotopic (exact) mass is 627 g/mol. The number of benzene rings is 2. The molecule has 1 aliphatic heterocycles. The summed E-state index contributed by atoms with van der Waals surface area (Å²) in [6, 6.07) is 10.7. The maximum absolute atomic E-state index is 13.0. The normalized spacial score (nSPS) is 14.1. The van der Waals surface area contributed by atoms with Crippen LogP contribution in [0.2, 0.25) is 5.02 Å². The van der Waals surface area contributed by atoms with Crippen LogP contribution in [0.25, 0.3) is 0 Å². The van der Waals surface area contributed by atoms with Gasteiger partial charge in [0, 0.05) is 25.2 Å². The molecule has 0 aliphatic carbocycles. The molecule has 4 rings (SSSR count). The number of anilines is 6. The predicted molar refractivity (Wildman–Crippen MR) is 173 cm³/mol. The lowest BCUT2D eigenvalue weighted by Gasteiger charge is -2.37. The Morgan fingerprint density at radius 2 is 1.84 bits per heavy atom. The summed E-state index contributed by atoms with van der Waals surface area (Å²) in [5.41, 5.74) is 2.26. The van der Waals surface area contributed by atoms with Crippen LogP contribution in [0.15, 0.2) is 60.1 Å². The molecule has 11 nitrogen and oxygen atoms in total. The second-order valence-electron chi connectivity index (χ2n) is 10.7. The number of amides is 1. The van der Waals surface area contributed by atoms with Gasteiger partial charge in [0.2, 0.25) is 11.9 Å². The van der Waals surface area contributed by atoms with Crippen molar-refractivity contribution in [3.8, 4) is 5.75 Å². The minimum Gasteiger partial charge on any atom is -0.494 e. The van der Waals surface area contributed by atoms with E-state index < -0.39 is 15.1 Å². The van der Waals surface area contributed by atoms with Gasteiger partial charge in [0.25, 0.3) is 0 Å². The maximum atomic E-state index is 13.0. The Labute approximate surface area is 258 Å².